The Hall–Kier alpha value is -3.15. The van der Waals surface area contributed by atoms with E-state index in [1.807, 2.05) is 0 Å². The molecule has 2 aromatic rings. The second kappa shape index (κ2) is 5.33. The molecule has 0 saturated carbocycles. The maximum absolute atomic E-state index is 12.0. The molecule has 0 aliphatic carbocycles. The quantitative estimate of drug-likeness (QED) is 0.793. The van der Waals surface area contributed by atoms with Gasteiger partial charge in [0.05, 0.1) is 29.1 Å². The topological polar surface area (TPSA) is 99.0 Å². The van der Waals surface area contributed by atoms with Crippen LogP contribution in [0, 0.1) is 0 Å². The lowest BCUT2D eigenvalue weighted by atomic mass is 10.1. The summed E-state index contributed by atoms with van der Waals surface area (Å²) < 4.78 is 0. The number of fused-ring (bicyclic) bond motifs is 1. The first-order valence-corrected chi connectivity index (χ1v) is 6.58. The molecule has 6 heteroatoms. The van der Waals surface area contributed by atoms with Crippen LogP contribution >= 0.6 is 0 Å². The van der Waals surface area contributed by atoms with Crippen LogP contribution in [0.15, 0.2) is 47.5 Å². The first-order chi connectivity index (χ1) is 10.5. The van der Waals surface area contributed by atoms with Crippen molar-refractivity contribution < 1.29 is 19.8 Å². The van der Waals surface area contributed by atoms with Crippen LogP contribution in [0.5, 0.6) is 5.75 Å². The number of aromatic carboxylic acids is 1. The predicted molar refractivity (Wildman–Crippen MR) is 81.0 cm³/mol. The van der Waals surface area contributed by atoms with Gasteiger partial charge in [-0.25, -0.2) is 9.79 Å². The molecule has 3 rings (SSSR count). The third-order valence-electron chi connectivity index (χ3n) is 3.32. The Labute approximate surface area is 125 Å². The number of aromatic hydroxyl groups is 1. The lowest BCUT2D eigenvalue weighted by Crippen LogP contribution is -2.15. The summed E-state index contributed by atoms with van der Waals surface area (Å²) >= 11 is 0. The van der Waals surface area contributed by atoms with Crippen LogP contribution in [0.1, 0.15) is 22.3 Å². The van der Waals surface area contributed by atoms with E-state index in [-0.39, 0.29) is 23.6 Å². The van der Waals surface area contributed by atoms with E-state index in [0.717, 1.165) is 0 Å². The number of phenolic OH excluding ortho intramolecular Hbond substituents is 1. The number of nitrogens with zero attached hydrogens (tertiary/aromatic N) is 1. The van der Waals surface area contributed by atoms with Gasteiger partial charge in [0.25, 0.3) is 0 Å². The standard InChI is InChI=1S/C16H12N2O4/c19-14-4-2-1-3-10(14)12-8-15(20)18-13-7-9(16(21)22)5-6-11(13)17-12/h1-7,19H,8H2,(H,18,20)(H,21,22). The highest BCUT2D eigenvalue weighted by Gasteiger charge is 2.20. The Bertz CT molecular complexity index is 812. The third-order valence-corrected chi connectivity index (χ3v) is 3.32. The van der Waals surface area contributed by atoms with Crippen molar-refractivity contribution in [2.24, 2.45) is 4.99 Å². The summed E-state index contributed by atoms with van der Waals surface area (Å²) in [7, 11) is 0. The van der Waals surface area contributed by atoms with Crippen molar-refractivity contribution in [2.45, 2.75) is 6.42 Å². The van der Waals surface area contributed by atoms with E-state index in [0.29, 0.717) is 22.6 Å². The van der Waals surface area contributed by atoms with Gasteiger partial charge in [-0.15, -0.1) is 0 Å². The molecule has 1 aliphatic heterocycles. The largest absolute Gasteiger partial charge is 0.507 e. The van der Waals surface area contributed by atoms with Crippen LogP contribution in [-0.2, 0) is 4.79 Å². The van der Waals surface area contributed by atoms with Crippen molar-refractivity contribution in [1.29, 1.82) is 0 Å². The number of carbonyl (C=O) groups excluding carboxylic acids is 1. The SMILES string of the molecule is O=C1CC(c2ccccc2O)=Nc2ccc(C(=O)O)cc2N1. The highest BCUT2D eigenvalue weighted by atomic mass is 16.4. The first kappa shape index (κ1) is 13.8. The first-order valence-electron chi connectivity index (χ1n) is 6.58. The summed E-state index contributed by atoms with van der Waals surface area (Å²) in [5.41, 5.74) is 1.77. The van der Waals surface area contributed by atoms with E-state index in [1.165, 1.54) is 24.3 Å². The Morgan fingerprint density at radius 2 is 1.95 bits per heavy atom. The molecule has 1 amide bonds. The minimum Gasteiger partial charge on any atom is -0.507 e. The summed E-state index contributed by atoms with van der Waals surface area (Å²) in [6.07, 6.45) is -0.00530. The number of carbonyl (C=O) groups is 2. The molecule has 1 heterocycles. The molecule has 0 aromatic heterocycles. The van der Waals surface area contributed by atoms with Gasteiger partial charge in [-0.2, -0.15) is 0 Å². The average Bonchev–Trinajstić information content (AvgIpc) is 2.64. The van der Waals surface area contributed by atoms with Gasteiger partial charge in [0.2, 0.25) is 5.91 Å². The molecule has 0 spiro atoms. The van der Waals surface area contributed by atoms with Gasteiger partial charge in [-0.3, -0.25) is 4.79 Å². The normalized spacial score (nSPS) is 13.6. The number of carboxylic acid groups (broad SMARTS) is 1. The molecule has 0 unspecified atom stereocenters. The molecule has 1 aliphatic rings. The summed E-state index contributed by atoms with van der Waals surface area (Å²) in [4.78, 5) is 27.4. The zero-order chi connectivity index (χ0) is 15.7. The number of benzene rings is 2. The fourth-order valence-corrected chi connectivity index (χ4v) is 2.27. The second-order valence-electron chi connectivity index (χ2n) is 4.84. The monoisotopic (exact) mass is 296 g/mol. The van der Waals surface area contributed by atoms with Crippen molar-refractivity contribution in [3.05, 3.63) is 53.6 Å². The fourth-order valence-electron chi connectivity index (χ4n) is 2.27. The predicted octanol–water partition coefficient (Wildman–Crippen LogP) is 2.55. The number of aliphatic imine (C=N–C) groups is 1. The lowest BCUT2D eigenvalue weighted by Gasteiger charge is -2.05. The van der Waals surface area contributed by atoms with E-state index < -0.39 is 5.97 Å². The molecular formula is C16H12N2O4. The molecule has 0 atom stereocenters. The van der Waals surface area contributed by atoms with Crippen LogP contribution in [0.4, 0.5) is 11.4 Å². The van der Waals surface area contributed by atoms with Crippen LogP contribution in [0.25, 0.3) is 0 Å². The van der Waals surface area contributed by atoms with Crippen LogP contribution < -0.4 is 5.32 Å². The molecule has 110 valence electrons. The van der Waals surface area contributed by atoms with Gasteiger partial charge in [0, 0.05) is 5.56 Å². The molecular weight excluding hydrogens is 284 g/mol. The van der Waals surface area contributed by atoms with E-state index in [4.69, 9.17) is 5.11 Å². The number of hydrogen-bond acceptors (Lipinski definition) is 4. The van der Waals surface area contributed by atoms with Gasteiger partial charge in [-0.05, 0) is 30.3 Å². The number of amides is 1. The third kappa shape index (κ3) is 2.54. The summed E-state index contributed by atoms with van der Waals surface area (Å²) in [6, 6.07) is 11.0. The number of hydrogen-bond donors (Lipinski definition) is 3. The molecule has 0 bridgehead atoms. The van der Waals surface area contributed by atoms with Gasteiger partial charge in [0.15, 0.2) is 0 Å². The highest BCUT2D eigenvalue weighted by molar-refractivity contribution is 6.18. The Morgan fingerprint density at radius 3 is 2.68 bits per heavy atom. The molecule has 3 N–H and O–H groups in total. The van der Waals surface area contributed by atoms with E-state index >= 15 is 0 Å². The second-order valence-corrected chi connectivity index (χ2v) is 4.84. The van der Waals surface area contributed by atoms with Crippen molar-refractivity contribution in [3.63, 3.8) is 0 Å². The summed E-state index contributed by atoms with van der Waals surface area (Å²) in [5.74, 6) is -1.35. The number of carboxylic acids is 1. The summed E-state index contributed by atoms with van der Waals surface area (Å²) in [6.45, 7) is 0. The smallest absolute Gasteiger partial charge is 0.335 e. The van der Waals surface area contributed by atoms with Crippen molar-refractivity contribution in [1.82, 2.24) is 0 Å². The van der Waals surface area contributed by atoms with Gasteiger partial charge < -0.3 is 15.5 Å². The molecule has 0 saturated heterocycles. The zero-order valence-electron chi connectivity index (χ0n) is 11.4. The highest BCUT2D eigenvalue weighted by Crippen LogP contribution is 2.31. The minimum absolute atomic E-state index is 0.00530. The van der Waals surface area contributed by atoms with E-state index in [2.05, 4.69) is 10.3 Å². The molecule has 0 fully saturated rings. The van der Waals surface area contributed by atoms with Gasteiger partial charge in [0.1, 0.15) is 5.75 Å². The number of phenols is 1. The number of anilines is 1. The Kier molecular flexibility index (Phi) is 3.34. The molecule has 22 heavy (non-hydrogen) atoms. The van der Waals surface area contributed by atoms with E-state index in [1.54, 1.807) is 18.2 Å². The van der Waals surface area contributed by atoms with Crippen molar-refractivity contribution >= 4 is 29.0 Å². The zero-order valence-corrected chi connectivity index (χ0v) is 11.4. The maximum atomic E-state index is 12.0. The molecule has 2 aromatic carbocycles. The fraction of sp³-hybridized carbons (Fsp3) is 0.0625. The van der Waals surface area contributed by atoms with Crippen molar-refractivity contribution in [3.8, 4) is 5.75 Å². The van der Waals surface area contributed by atoms with Crippen LogP contribution in [0.2, 0.25) is 0 Å². The number of rotatable bonds is 2. The maximum Gasteiger partial charge on any atom is 0.335 e. The van der Waals surface area contributed by atoms with Crippen molar-refractivity contribution in [2.75, 3.05) is 5.32 Å². The summed E-state index contributed by atoms with van der Waals surface area (Å²) in [5, 5.41) is 21.6. The van der Waals surface area contributed by atoms with Crippen LogP contribution in [-0.4, -0.2) is 27.8 Å². The Balaban J connectivity index is 2.12. The van der Waals surface area contributed by atoms with Gasteiger partial charge >= 0.3 is 5.97 Å². The molecule has 0 radical (unpaired) electrons. The van der Waals surface area contributed by atoms with E-state index in [9.17, 15) is 14.7 Å². The Morgan fingerprint density at radius 1 is 1.18 bits per heavy atom. The number of para-hydroxylation sites is 1. The minimum atomic E-state index is -1.08. The lowest BCUT2D eigenvalue weighted by molar-refractivity contribution is -0.115. The number of nitrogens with one attached hydrogen (secondary N) is 1. The average molecular weight is 296 g/mol. The van der Waals surface area contributed by atoms with Crippen LogP contribution in [0.3, 0.4) is 0 Å². The van der Waals surface area contributed by atoms with Gasteiger partial charge in [-0.1, -0.05) is 12.1 Å². The molecule has 6 nitrogen and oxygen atoms in total.